The summed E-state index contributed by atoms with van der Waals surface area (Å²) in [6.45, 7) is 3.86. The highest BCUT2D eigenvalue weighted by Gasteiger charge is 2.09. The fourth-order valence-corrected chi connectivity index (χ4v) is 1.66. The number of Topliss-reactive ketones (excluding diaryl/α,β-unsaturated/α-hetero) is 1. The zero-order valence-corrected chi connectivity index (χ0v) is 11.4. The van der Waals surface area contributed by atoms with Crippen molar-refractivity contribution in [3.05, 3.63) is 36.2 Å². The summed E-state index contributed by atoms with van der Waals surface area (Å²) in [5, 5.41) is 3.07. The molecule has 0 radical (unpaired) electrons. The monoisotopic (exact) mass is 272 g/mol. The van der Waals surface area contributed by atoms with E-state index in [1.165, 1.54) is 13.3 Å². The summed E-state index contributed by atoms with van der Waals surface area (Å²) in [7, 11) is 0. The Kier molecular flexibility index (Phi) is 4.14. The number of ether oxygens (including phenoxy) is 1. The Morgan fingerprint density at radius 3 is 2.60 bits per heavy atom. The number of hydrogen-bond donors (Lipinski definition) is 2. The Labute approximate surface area is 117 Å². The van der Waals surface area contributed by atoms with Gasteiger partial charge < -0.3 is 15.8 Å². The van der Waals surface area contributed by atoms with Crippen molar-refractivity contribution < 1.29 is 9.53 Å². The van der Waals surface area contributed by atoms with Gasteiger partial charge in [-0.15, -0.1) is 0 Å². The maximum Gasteiger partial charge on any atom is 0.242 e. The third kappa shape index (κ3) is 3.03. The zero-order chi connectivity index (χ0) is 14.5. The van der Waals surface area contributed by atoms with E-state index in [0.717, 1.165) is 5.69 Å². The molecule has 20 heavy (non-hydrogen) atoms. The lowest BCUT2D eigenvalue weighted by Crippen LogP contribution is -2.05. The van der Waals surface area contributed by atoms with Crippen LogP contribution < -0.4 is 15.8 Å². The van der Waals surface area contributed by atoms with Crippen LogP contribution in [0.5, 0.6) is 5.88 Å². The van der Waals surface area contributed by atoms with Gasteiger partial charge in [-0.25, -0.2) is 4.98 Å². The number of ketones is 1. The van der Waals surface area contributed by atoms with Gasteiger partial charge in [0.1, 0.15) is 12.0 Å². The lowest BCUT2D eigenvalue weighted by atomic mass is 10.1. The van der Waals surface area contributed by atoms with Gasteiger partial charge in [-0.05, 0) is 38.1 Å². The summed E-state index contributed by atoms with van der Waals surface area (Å²) in [5.74, 6) is 0.848. The number of benzene rings is 1. The number of nitrogens with two attached hydrogens (primary N) is 1. The van der Waals surface area contributed by atoms with Crippen molar-refractivity contribution in [2.75, 3.05) is 17.7 Å². The number of aromatic nitrogens is 2. The summed E-state index contributed by atoms with van der Waals surface area (Å²) in [4.78, 5) is 19.3. The average Bonchev–Trinajstić information content (AvgIpc) is 2.44. The van der Waals surface area contributed by atoms with Crippen LogP contribution >= 0.6 is 0 Å². The van der Waals surface area contributed by atoms with Gasteiger partial charge in [0.05, 0.1) is 6.61 Å². The first-order valence-electron chi connectivity index (χ1n) is 6.23. The topological polar surface area (TPSA) is 90.1 Å². The van der Waals surface area contributed by atoms with E-state index in [1.54, 1.807) is 24.3 Å². The maximum absolute atomic E-state index is 11.2. The van der Waals surface area contributed by atoms with Crippen LogP contribution in [0, 0.1) is 0 Å². The molecule has 0 aliphatic heterocycles. The largest absolute Gasteiger partial charge is 0.476 e. The lowest BCUT2D eigenvalue weighted by Gasteiger charge is -2.11. The molecule has 0 fully saturated rings. The molecular formula is C14H16N4O2. The highest BCUT2D eigenvalue weighted by atomic mass is 16.5. The Morgan fingerprint density at radius 2 is 2.00 bits per heavy atom. The van der Waals surface area contributed by atoms with Crippen LogP contribution in [0.3, 0.4) is 0 Å². The van der Waals surface area contributed by atoms with Gasteiger partial charge in [-0.1, -0.05) is 0 Å². The van der Waals surface area contributed by atoms with Crippen molar-refractivity contribution in [1.82, 2.24) is 9.97 Å². The average molecular weight is 272 g/mol. The zero-order valence-electron chi connectivity index (χ0n) is 11.4. The normalized spacial score (nSPS) is 10.1. The second-order valence-corrected chi connectivity index (χ2v) is 4.13. The Balaban J connectivity index is 2.21. The second-order valence-electron chi connectivity index (χ2n) is 4.13. The number of nitrogens with one attached hydrogen (secondary N) is 1. The van der Waals surface area contributed by atoms with Crippen molar-refractivity contribution in [2.24, 2.45) is 0 Å². The molecule has 0 atom stereocenters. The summed E-state index contributed by atoms with van der Waals surface area (Å²) >= 11 is 0. The van der Waals surface area contributed by atoms with E-state index in [2.05, 4.69) is 15.3 Å². The molecule has 0 aliphatic rings. The third-order valence-electron chi connectivity index (χ3n) is 2.68. The van der Waals surface area contributed by atoms with Crippen molar-refractivity contribution in [1.29, 1.82) is 0 Å². The van der Waals surface area contributed by atoms with Gasteiger partial charge in [0.2, 0.25) is 5.88 Å². The summed E-state index contributed by atoms with van der Waals surface area (Å²) in [5.41, 5.74) is 7.71. The van der Waals surface area contributed by atoms with E-state index in [0.29, 0.717) is 29.6 Å². The second kappa shape index (κ2) is 6.01. The van der Waals surface area contributed by atoms with Crippen molar-refractivity contribution >= 4 is 23.0 Å². The molecule has 0 spiro atoms. The third-order valence-corrected chi connectivity index (χ3v) is 2.68. The molecule has 0 unspecified atom stereocenters. The highest BCUT2D eigenvalue weighted by Crippen LogP contribution is 2.27. The van der Waals surface area contributed by atoms with Gasteiger partial charge in [0.15, 0.2) is 11.6 Å². The first kappa shape index (κ1) is 13.8. The summed E-state index contributed by atoms with van der Waals surface area (Å²) < 4.78 is 5.30. The lowest BCUT2D eigenvalue weighted by molar-refractivity contribution is 0.101. The molecule has 1 heterocycles. The highest BCUT2D eigenvalue weighted by molar-refractivity contribution is 5.94. The van der Waals surface area contributed by atoms with Crippen LogP contribution in [-0.2, 0) is 0 Å². The first-order chi connectivity index (χ1) is 9.61. The number of carbonyl (C=O) groups excluding carboxylic acids is 1. The molecule has 6 nitrogen and oxygen atoms in total. The molecule has 0 amide bonds. The number of anilines is 3. The molecule has 0 aliphatic carbocycles. The molecule has 0 saturated heterocycles. The Morgan fingerprint density at radius 1 is 1.30 bits per heavy atom. The van der Waals surface area contributed by atoms with Crippen LogP contribution in [0.1, 0.15) is 24.2 Å². The van der Waals surface area contributed by atoms with Gasteiger partial charge in [-0.3, -0.25) is 4.79 Å². The number of rotatable bonds is 5. The van der Waals surface area contributed by atoms with Crippen LogP contribution in [0.15, 0.2) is 30.6 Å². The molecule has 1 aromatic carbocycles. The Bertz CT molecular complexity index is 611. The minimum atomic E-state index is 0.0248. The van der Waals surface area contributed by atoms with Crippen LogP contribution in [0.2, 0.25) is 0 Å². The van der Waals surface area contributed by atoms with E-state index in [9.17, 15) is 4.79 Å². The molecule has 2 rings (SSSR count). The van der Waals surface area contributed by atoms with Crippen LogP contribution in [0.25, 0.3) is 0 Å². The van der Waals surface area contributed by atoms with E-state index in [4.69, 9.17) is 10.5 Å². The molecule has 1 aromatic heterocycles. The van der Waals surface area contributed by atoms with Gasteiger partial charge in [0.25, 0.3) is 0 Å². The SMILES string of the molecule is CCOc1ncnc(Nc2ccc(C(C)=O)cc2)c1N. The van der Waals surface area contributed by atoms with E-state index < -0.39 is 0 Å². The standard InChI is InChI=1S/C14H16N4O2/c1-3-20-14-12(15)13(16-8-17-14)18-11-6-4-10(5-7-11)9(2)19/h4-8H,3,15H2,1-2H3,(H,16,17,18). The molecular weight excluding hydrogens is 256 g/mol. The molecule has 6 heteroatoms. The number of hydrogen-bond acceptors (Lipinski definition) is 6. The van der Waals surface area contributed by atoms with Crippen molar-refractivity contribution in [2.45, 2.75) is 13.8 Å². The number of nitrogen functional groups attached to an aromatic ring is 1. The molecule has 3 N–H and O–H groups in total. The fourth-order valence-electron chi connectivity index (χ4n) is 1.66. The quantitative estimate of drug-likeness (QED) is 0.812. The molecule has 0 saturated carbocycles. The van der Waals surface area contributed by atoms with E-state index in [-0.39, 0.29) is 5.78 Å². The Hall–Kier alpha value is -2.63. The summed E-state index contributed by atoms with van der Waals surface area (Å²) in [6, 6.07) is 7.06. The smallest absolute Gasteiger partial charge is 0.242 e. The fraction of sp³-hybridized carbons (Fsp3) is 0.214. The van der Waals surface area contributed by atoms with Crippen molar-refractivity contribution in [3.8, 4) is 5.88 Å². The number of nitrogens with zero attached hydrogens (tertiary/aromatic N) is 2. The first-order valence-corrected chi connectivity index (χ1v) is 6.23. The van der Waals surface area contributed by atoms with Gasteiger partial charge in [0, 0.05) is 11.3 Å². The predicted molar refractivity (Wildman–Crippen MR) is 77.3 cm³/mol. The molecule has 104 valence electrons. The minimum absolute atomic E-state index is 0.0248. The maximum atomic E-state index is 11.2. The van der Waals surface area contributed by atoms with E-state index >= 15 is 0 Å². The molecule has 0 bridgehead atoms. The van der Waals surface area contributed by atoms with Crippen LogP contribution in [-0.4, -0.2) is 22.4 Å². The van der Waals surface area contributed by atoms with Crippen LogP contribution in [0.4, 0.5) is 17.2 Å². The van der Waals surface area contributed by atoms with Gasteiger partial charge >= 0.3 is 0 Å². The molecule has 2 aromatic rings. The summed E-state index contributed by atoms with van der Waals surface area (Å²) in [6.07, 6.45) is 1.38. The number of carbonyl (C=O) groups is 1. The van der Waals surface area contributed by atoms with Crippen molar-refractivity contribution in [3.63, 3.8) is 0 Å². The minimum Gasteiger partial charge on any atom is -0.476 e. The van der Waals surface area contributed by atoms with Gasteiger partial charge in [-0.2, -0.15) is 4.98 Å². The van der Waals surface area contributed by atoms with E-state index in [1.807, 2.05) is 6.92 Å². The predicted octanol–water partition coefficient (Wildman–Crippen LogP) is 2.40.